The average molecular weight is 1140 g/mol. The molecule has 0 saturated heterocycles. The van der Waals surface area contributed by atoms with E-state index in [1.54, 1.807) is 0 Å². The normalized spacial score (nSPS) is 14.5. The van der Waals surface area contributed by atoms with Crippen molar-refractivity contribution in [2.24, 2.45) is 0 Å². The van der Waals surface area contributed by atoms with Gasteiger partial charge in [-0.2, -0.15) is 0 Å². The molecule has 2 aliphatic carbocycles. The van der Waals surface area contributed by atoms with Crippen LogP contribution in [0, 0.1) is 0 Å². The summed E-state index contributed by atoms with van der Waals surface area (Å²) in [6, 6.07) is 94.0. The summed E-state index contributed by atoms with van der Waals surface area (Å²) in [6.45, 7) is 19.0. The summed E-state index contributed by atoms with van der Waals surface area (Å²) in [4.78, 5) is 30.0. The van der Waals surface area contributed by atoms with Crippen LogP contribution in [0.25, 0.3) is 124 Å². The highest BCUT2D eigenvalue weighted by Gasteiger charge is 2.47. The first kappa shape index (κ1) is 55.6. The highest BCUT2D eigenvalue weighted by Crippen LogP contribution is 2.57. The van der Waals surface area contributed by atoms with Crippen molar-refractivity contribution in [3.8, 4) is 113 Å². The first-order valence-electron chi connectivity index (χ1n) is 30.5. The van der Waals surface area contributed by atoms with E-state index in [1.165, 1.54) is 72.1 Å². The summed E-state index contributed by atoms with van der Waals surface area (Å²) in [5.74, 6) is 4.06. The minimum atomic E-state index is -0.156. The van der Waals surface area contributed by atoms with Gasteiger partial charge in [-0.15, -0.1) is 0 Å². The number of hydrogen-bond donors (Lipinski definition) is 0. The van der Waals surface area contributed by atoms with Crippen molar-refractivity contribution in [2.45, 2.75) is 77.0 Å². The van der Waals surface area contributed by atoms with E-state index < -0.39 is 0 Å². The van der Waals surface area contributed by atoms with E-state index in [9.17, 15) is 0 Å². The van der Waals surface area contributed by atoms with E-state index in [-0.39, 0.29) is 21.7 Å². The quantitative estimate of drug-likeness (QED) is 0.151. The molecule has 2 aliphatic rings. The molecular weight excluding hydrogens is 1070 g/mol. The van der Waals surface area contributed by atoms with Crippen molar-refractivity contribution < 1.29 is 0 Å². The molecule has 426 valence electrons. The van der Waals surface area contributed by atoms with Crippen LogP contribution in [0.15, 0.2) is 267 Å². The fraction of sp³-hybridized carbons (Fsp3) is 0.146. The molecule has 6 heteroatoms. The van der Waals surface area contributed by atoms with E-state index in [4.69, 9.17) is 29.9 Å². The monoisotopic (exact) mass is 1140 g/mol. The van der Waals surface area contributed by atoms with Crippen LogP contribution in [0.3, 0.4) is 0 Å². The molecule has 11 aromatic carbocycles. The molecule has 0 unspecified atom stereocenters. The van der Waals surface area contributed by atoms with E-state index in [0.29, 0.717) is 34.9 Å². The highest BCUT2D eigenvalue weighted by molar-refractivity contribution is 5.88. The molecule has 0 aliphatic heterocycles. The van der Waals surface area contributed by atoms with Gasteiger partial charge in [0, 0.05) is 33.4 Å². The molecule has 0 bridgehead atoms. The molecule has 0 fully saturated rings. The fourth-order valence-electron chi connectivity index (χ4n) is 13.0. The fourth-order valence-corrected chi connectivity index (χ4v) is 13.0. The van der Waals surface area contributed by atoms with E-state index in [2.05, 4.69) is 243 Å². The van der Waals surface area contributed by atoms with Crippen molar-refractivity contribution in [2.75, 3.05) is 0 Å². The summed E-state index contributed by atoms with van der Waals surface area (Å²) in [7, 11) is 0. The maximum Gasteiger partial charge on any atom is 0.164 e. The Hall–Kier alpha value is -10.3. The molecule has 0 saturated carbocycles. The van der Waals surface area contributed by atoms with Gasteiger partial charge in [0.2, 0.25) is 0 Å². The van der Waals surface area contributed by atoms with E-state index in [0.717, 1.165) is 38.8 Å². The topological polar surface area (TPSA) is 77.3 Å². The lowest BCUT2D eigenvalue weighted by molar-refractivity contribution is 0.299. The highest BCUT2D eigenvalue weighted by atomic mass is 15.0. The first-order valence-corrected chi connectivity index (χ1v) is 30.5. The minimum absolute atomic E-state index is 0.109. The maximum absolute atomic E-state index is 5.11. The average Bonchev–Trinajstić information content (AvgIpc) is 0.750. The number of hydrogen-bond acceptors (Lipinski definition) is 6. The standard InChI is InChI=1S/C43H35N3.C39H33N3/c1-42(2)37-26-32(28-13-7-5-8-14-28)21-23-35(37)36-24-22-34(27-38(36)43(42,3)4)41-45-39(30-16-9-6-10-17-30)44-40(46-41)33-20-19-29-15-11-12-18-31(29)25-33;1-38(2)33-24-29(26-14-8-5-9-15-26)20-22-31(33)32-23-21-30(25-34(32)39(38,3)4)37-41-35(27-16-10-6-11-17-27)40-36(42-37)28-18-12-7-13-19-28/h5-27H,1-4H3;5-25H,1-4H3. The Morgan fingerprint density at radius 3 is 0.727 bits per heavy atom. The first-order chi connectivity index (χ1) is 42.6. The molecule has 88 heavy (non-hydrogen) atoms. The second-order valence-electron chi connectivity index (χ2n) is 25.5. The number of benzene rings is 11. The Kier molecular flexibility index (Phi) is 13.8. The Bertz CT molecular complexity index is 4710. The zero-order chi connectivity index (χ0) is 60.4. The third-order valence-electron chi connectivity index (χ3n) is 19.6. The van der Waals surface area contributed by atoms with Gasteiger partial charge in [-0.3, -0.25) is 0 Å². The zero-order valence-electron chi connectivity index (χ0n) is 51.1. The lowest BCUT2D eigenvalue weighted by Gasteiger charge is -2.48. The second-order valence-corrected chi connectivity index (χ2v) is 25.5. The van der Waals surface area contributed by atoms with Crippen LogP contribution in [0.5, 0.6) is 0 Å². The Morgan fingerprint density at radius 1 is 0.182 bits per heavy atom. The SMILES string of the molecule is CC1(C)c2cc(-c3ccccc3)ccc2-c2ccc(-c3nc(-c4ccccc4)nc(-c4ccc5ccccc5c4)n3)cc2C1(C)C.CC1(C)c2cc(-c3ccccc3)ccc2-c2ccc(-c3nc(-c4ccccc4)nc(-c4ccccc4)n3)cc2C1(C)C. The Morgan fingerprint density at radius 2 is 0.409 bits per heavy atom. The molecule has 13 aromatic rings. The molecule has 0 radical (unpaired) electrons. The number of fused-ring (bicyclic) bond motifs is 7. The van der Waals surface area contributed by atoms with Gasteiger partial charge < -0.3 is 0 Å². The predicted octanol–water partition coefficient (Wildman–Crippen LogP) is 20.7. The van der Waals surface area contributed by atoms with Crippen molar-refractivity contribution in [3.05, 3.63) is 289 Å². The summed E-state index contributed by atoms with van der Waals surface area (Å²) < 4.78 is 0. The molecule has 2 heterocycles. The third-order valence-corrected chi connectivity index (χ3v) is 19.6. The lowest BCUT2D eigenvalue weighted by Crippen LogP contribution is -2.43. The number of rotatable bonds is 8. The van der Waals surface area contributed by atoms with Crippen molar-refractivity contribution in [1.29, 1.82) is 0 Å². The zero-order valence-corrected chi connectivity index (χ0v) is 51.1. The molecule has 0 spiro atoms. The lowest BCUT2D eigenvalue weighted by atomic mass is 9.55. The van der Waals surface area contributed by atoms with Crippen molar-refractivity contribution in [1.82, 2.24) is 29.9 Å². The Labute approximate surface area is 516 Å². The van der Waals surface area contributed by atoms with Crippen LogP contribution in [0.1, 0.15) is 77.6 Å². The summed E-state index contributed by atoms with van der Waals surface area (Å²) in [6.07, 6.45) is 0. The second kappa shape index (κ2) is 21.9. The van der Waals surface area contributed by atoms with Gasteiger partial charge in [-0.1, -0.05) is 292 Å². The summed E-state index contributed by atoms with van der Waals surface area (Å²) in [5, 5.41) is 2.36. The number of nitrogens with zero attached hydrogens (tertiary/aromatic N) is 6. The Balaban J connectivity index is 0.000000155. The number of aromatic nitrogens is 6. The van der Waals surface area contributed by atoms with E-state index in [1.807, 2.05) is 78.9 Å². The van der Waals surface area contributed by atoms with Crippen LogP contribution in [-0.4, -0.2) is 29.9 Å². The molecule has 0 N–H and O–H groups in total. The molecule has 2 aromatic heterocycles. The van der Waals surface area contributed by atoms with Gasteiger partial charge in [0.1, 0.15) is 0 Å². The van der Waals surface area contributed by atoms with Gasteiger partial charge in [0.05, 0.1) is 0 Å². The molecule has 6 nitrogen and oxygen atoms in total. The molecule has 0 amide bonds. The summed E-state index contributed by atoms with van der Waals surface area (Å²) >= 11 is 0. The van der Waals surface area contributed by atoms with Gasteiger partial charge >= 0.3 is 0 Å². The minimum Gasteiger partial charge on any atom is -0.208 e. The van der Waals surface area contributed by atoms with Crippen LogP contribution in [0.2, 0.25) is 0 Å². The van der Waals surface area contributed by atoms with Gasteiger partial charge in [0.25, 0.3) is 0 Å². The summed E-state index contributed by atoms with van der Waals surface area (Å²) in [5.41, 5.74) is 20.9. The van der Waals surface area contributed by atoms with Crippen molar-refractivity contribution >= 4 is 10.8 Å². The smallest absolute Gasteiger partial charge is 0.164 e. The van der Waals surface area contributed by atoms with Gasteiger partial charge in [-0.05, 0) is 130 Å². The molecule has 0 atom stereocenters. The maximum atomic E-state index is 5.11. The predicted molar refractivity (Wildman–Crippen MR) is 364 cm³/mol. The van der Waals surface area contributed by atoms with Gasteiger partial charge in [-0.25, -0.2) is 29.9 Å². The van der Waals surface area contributed by atoms with Crippen molar-refractivity contribution in [3.63, 3.8) is 0 Å². The molecule has 15 rings (SSSR count). The third kappa shape index (κ3) is 9.79. The largest absolute Gasteiger partial charge is 0.208 e. The van der Waals surface area contributed by atoms with Crippen LogP contribution >= 0.6 is 0 Å². The van der Waals surface area contributed by atoms with Crippen LogP contribution in [-0.2, 0) is 21.7 Å². The van der Waals surface area contributed by atoms with Crippen LogP contribution < -0.4 is 0 Å². The molecular formula is C82H68N6. The van der Waals surface area contributed by atoms with Crippen LogP contribution in [0.4, 0.5) is 0 Å². The van der Waals surface area contributed by atoms with Gasteiger partial charge in [0.15, 0.2) is 34.9 Å². The van der Waals surface area contributed by atoms with E-state index >= 15 is 0 Å².